The van der Waals surface area contributed by atoms with Crippen LogP contribution in [0.4, 0.5) is 5.69 Å². The molecule has 0 saturated heterocycles. The van der Waals surface area contributed by atoms with E-state index >= 15 is 0 Å². The Morgan fingerprint density at radius 1 is 0.833 bits per heavy atom. The van der Waals surface area contributed by atoms with Gasteiger partial charge in [-0.05, 0) is 66.1 Å². The molecular weight excluding hydrogens is 382 g/mol. The Bertz CT molecular complexity index is 958. The maximum absolute atomic E-state index is 12.1. The van der Waals surface area contributed by atoms with Gasteiger partial charge in [0.1, 0.15) is 11.5 Å². The average molecular weight is 405 g/mol. The predicted molar refractivity (Wildman–Crippen MR) is 114 cm³/mol. The van der Waals surface area contributed by atoms with E-state index in [9.17, 15) is 9.59 Å². The Kier molecular flexibility index (Phi) is 7.38. The van der Waals surface area contributed by atoms with E-state index in [2.05, 4.69) is 15.6 Å². The van der Waals surface area contributed by atoms with E-state index in [4.69, 9.17) is 9.47 Å². The Morgan fingerprint density at radius 2 is 1.47 bits per heavy atom. The second-order valence-corrected chi connectivity index (χ2v) is 6.52. The van der Waals surface area contributed by atoms with Gasteiger partial charge in [0, 0.05) is 18.1 Å². The van der Waals surface area contributed by atoms with Crippen LogP contribution in [0.25, 0.3) is 0 Å². The number of amides is 2. The third kappa shape index (κ3) is 6.63. The van der Waals surface area contributed by atoms with E-state index in [0.717, 1.165) is 12.0 Å². The molecule has 0 aliphatic heterocycles. The minimum atomic E-state index is -0.381. The number of rotatable bonds is 9. The monoisotopic (exact) mass is 405 g/mol. The summed E-state index contributed by atoms with van der Waals surface area (Å²) in [5.41, 5.74) is 2.96. The normalized spacial score (nSPS) is 10.2. The van der Waals surface area contributed by atoms with Crippen molar-refractivity contribution < 1.29 is 19.1 Å². The molecule has 154 valence electrons. The molecule has 2 amide bonds. The van der Waals surface area contributed by atoms with Gasteiger partial charge in [0.2, 0.25) is 5.91 Å². The van der Waals surface area contributed by atoms with Crippen LogP contribution >= 0.6 is 0 Å². The molecule has 1 aromatic heterocycles. The molecule has 0 saturated carbocycles. The van der Waals surface area contributed by atoms with Crippen molar-refractivity contribution in [1.82, 2.24) is 10.3 Å². The van der Waals surface area contributed by atoms with E-state index < -0.39 is 0 Å². The molecule has 0 aliphatic rings. The largest absolute Gasteiger partial charge is 0.497 e. The second kappa shape index (κ2) is 10.6. The van der Waals surface area contributed by atoms with Crippen LogP contribution in [0.2, 0.25) is 0 Å². The third-order valence-corrected chi connectivity index (χ3v) is 4.27. The van der Waals surface area contributed by atoms with Crippen LogP contribution in [-0.4, -0.2) is 37.1 Å². The molecule has 0 bridgehead atoms. The number of benzene rings is 2. The molecule has 0 unspecified atom stereocenters. The minimum Gasteiger partial charge on any atom is -0.497 e. The van der Waals surface area contributed by atoms with Crippen LogP contribution < -0.4 is 20.1 Å². The lowest BCUT2D eigenvalue weighted by Crippen LogP contribution is -2.35. The zero-order valence-electron chi connectivity index (χ0n) is 16.6. The Morgan fingerprint density at radius 3 is 2.13 bits per heavy atom. The van der Waals surface area contributed by atoms with Crippen molar-refractivity contribution in [2.24, 2.45) is 0 Å². The summed E-state index contributed by atoms with van der Waals surface area (Å²) in [6.07, 6.45) is 4.32. The number of aromatic nitrogens is 1. The standard InChI is InChI=1S/C23H23N3O4/c1-29-20-6-8-21(9-7-20)30-16-23(28)25-15-22(27)26-19-4-2-17(3-5-19)14-18-10-12-24-13-11-18/h2-13H,14-16H2,1H3,(H,25,28)(H,26,27). The summed E-state index contributed by atoms with van der Waals surface area (Å²) in [7, 11) is 1.57. The highest BCUT2D eigenvalue weighted by atomic mass is 16.5. The van der Waals surface area contributed by atoms with Crippen LogP contribution in [0, 0.1) is 0 Å². The average Bonchev–Trinajstić information content (AvgIpc) is 2.78. The Hall–Kier alpha value is -3.87. The molecule has 0 fully saturated rings. The summed E-state index contributed by atoms with van der Waals surface area (Å²) in [5, 5.41) is 5.29. The Labute approximate surface area is 175 Å². The lowest BCUT2D eigenvalue weighted by atomic mass is 10.1. The Balaban J connectivity index is 1.38. The maximum atomic E-state index is 12.1. The number of nitrogens with one attached hydrogen (secondary N) is 2. The van der Waals surface area contributed by atoms with Crippen molar-refractivity contribution in [3.05, 3.63) is 84.2 Å². The summed E-state index contributed by atoms with van der Waals surface area (Å²) in [5.74, 6) is 0.555. The van der Waals surface area contributed by atoms with Crippen molar-refractivity contribution in [3.8, 4) is 11.5 Å². The first-order chi connectivity index (χ1) is 14.6. The third-order valence-electron chi connectivity index (χ3n) is 4.27. The van der Waals surface area contributed by atoms with Crippen molar-refractivity contribution in [2.75, 3.05) is 25.6 Å². The molecule has 0 radical (unpaired) electrons. The molecule has 0 aliphatic carbocycles. The number of hydrogen-bond donors (Lipinski definition) is 2. The first-order valence-corrected chi connectivity index (χ1v) is 9.43. The smallest absolute Gasteiger partial charge is 0.258 e. The molecular formula is C23H23N3O4. The van der Waals surface area contributed by atoms with Crippen molar-refractivity contribution in [2.45, 2.75) is 6.42 Å². The van der Waals surface area contributed by atoms with Gasteiger partial charge in [-0.3, -0.25) is 14.6 Å². The summed E-state index contributed by atoms with van der Waals surface area (Å²) in [6.45, 7) is -0.313. The molecule has 2 aromatic carbocycles. The summed E-state index contributed by atoms with van der Waals surface area (Å²) in [6, 6.07) is 18.4. The molecule has 7 nitrogen and oxygen atoms in total. The van der Waals surface area contributed by atoms with Crippen molar-refractivity contribution >= 4 is 17.5 Å². The number of carbonyl (C=O) groups excluding carboxylic acids is 2. The molecule has 2 N–H and O–H groups in total. The number of methoxy groups -OCH3 is 1. The fourth-order valence-corrected chi connectivity index (χ4v) is 2.70. The molecule has 1 heterocycles. The number of ether oxygens (including phenoxy) is 2. The van der Waals surface area contributed by atoms with Crippen LogP contribution in [0.15, 0.2) is 73.1 Å². The van der Waals surface area contributed by atoms with Gasteiger partial charge >= 0.3 is 0 Å². The van der Waals surface area contributed by atoms with Gasteiger partial charge < -0.3 is 20.1 Å². The lowest BCUT2D eigenvalue weighted by molar-refractivity contribution is -0.125. The first kappa shape index (κ1) is 20.9. The first-order valence-electron chi connectivity index (χ1n) is 9.43. The second-order valence-electron chi connectivity index (χ2n) is 6.52. The van der Waals surface area contributed by atoms with E-state index in [0.29, 0.717) is 17.2 Å². The van der Waals surface area contributed by atoms with Crippen LogP contribution in [-0.2, 0) is 16.0 Å². The number of anilines is 1. The van der Waals surface area contributed by atoms with E-state index in [-0.39, 0.29) is 25.0 Å². The number of pyridine rings is 1. The minimum absolute atomic E-state index is 0.135. The molecule has 0 atom stereocenters. The number of carbonyl (C=O) groups is 2. The molecule has 0 spiro atoms. The maximum Gasteiger partial charge on any atom is 0.258 e. The van der Waals surface area contributed by atoms with E-state index in [1.54, 1.807) is 43.8 Å². The topological polar surface area (TPSA) is 89.5 Å². The fourth-order valence-electron chi connectivity index (χ4n) is 2.70. The quantitative estimate of drug-likeness (QED) is 0.571. The van der Waals surface area contributed by atoms with Gasteiger partial charge in [0.05, 0.1) is 13.7 Å². The number of hydrogen-bond acceptors (Lipinski definition) is 5. The van der Waals surface area contributed by atoms with Crippen molar-refractivity contribution in [1.29, 1.82) is 0 Å². The molecule has 3 aromatic rings. The van der Waals surface area contributed by atoms with Crippen LogP contribution in [0.5, 0.6) is 11.5 Å². The van der Waals surface area contributed by atoms with Gasteiger partial charge in [-0.15, -0.1) is 0 Å². The van der Waals surface area contributed by atoms with Crippen LogP contribution in [0.1, 0.15) is 11.1 Å². The van der Waals surface area contributed by atoms with Gasteiger partial charge in [0.25, 0.3) is 5.91 Å². The van der Waals surface area contributed by atoms with Gasteiger partial charge in [-0.2, -0.15) is 0 Å². The molecule has 7 heteroatoms. The summed E-state index contributed by atoms with van der Waals surface area (Å²) in [4.78, 5) is 27.9. The highest BCUT2D eigenvalue weighted by Gasteiger charge is 2.07. The van der Waals surface area contributed by atoms with Gasteiger partial charge in [0.15, 0.2) is 6.61 Å². The highest BCUT2D eigenvalue weighted by molar-refractivity contribution is 5.94. The summed E-state index contributed by atoms with van der Waals surface area (Å²) >= 11 is 0. The number of nitrogens with zero attached hydrogens (tertiary/aromatic N) is 1. The van der Waals surface area contributed by atoms with E-state index in [1.807, 2.05) is 36.4 Å². The molecule has 30 heavy (non-hydrogen) atoms. The zero-order chi connectivity index (χ0) is 21.2. The zero-order valence-corrected chi connectivity index (χ0v) is 16.6. The van der Waals surface area contributed by atoms with Crippen LogP contribution in [0.3, 0.4) is 0 Å². The predicted octanol–water partition coefficient (Wildman–Crippen LogP) is 2.81. The lowest BCUT2D eigenvalue weighted by Gasteiger charge is -2.09. The molecule has 3 rings (SSSR count). The van der Waals surface area contributed by atoms with Crippen molar-refractivity contribution in [3.63, 3.8) is 0 Å². The van der Waals surface area contributed by atoms with Gasteiger partial charge in [-0.25, -0.2) is 0 Å². The fraction of sp³-hybridized carbons (Fsp3) is 0.174. The summed E-state index contributed by atoms with van der Waals surface area (Å²) < 4.78 is 10.4. The SMILES string of the molecule is COc1ccc(OCC(=O)NCC(=O)Nc2ccc(Cc3ccncc3)cc2)cc1. The van der Waals surface area contributed by atoms with E-state index in [1.165, 1.54) is 5.56 Å². The highest BCUT2D eigenvalue weighted by Crippen LogP contribution is 2.17. The van der Waals surface area contributed by atoms with Gasteiger partial charge in [-0.1, -0.05) is 12.1 Å².